The van der Waals surface area contributed by atoms with Gasteiger partial charge in [0.2, 0.25) is 11.5 Å². The Balaban J connectivity index is 1.51. The van der Waals surface area contributed by atoms with E-state index in [0.29, 0.717) is 30.0 Å². The molecule has 0 unspecified atom stereocenters. The van der Waals surface area contributed by atoms with Gasteiger partial charge in [-0.15, -0.1) is 0 Å². The maximum atomic E-state index is 13.0. The van der Waals surface area contributed by atoms with Gasteiger partial charge in [0.1, 0.15) is 11.7 Å². The summed E-state index contributed by atoms with van der Waals surface area (Å²) in [5.74, 6) is -1.38. The molecule has 1 fully saturated rings. The number of anilines is 1. The molecule has 7 N–H and O–H groups in total. The van der Waals surface area contributed by atoms with Gasteiger partial charge < -0.3 is 27.1 Å². The fraction of sp³-hybridized carbons (Fsp3) is 0.350. The van der Waals surface area contributed by atoms with Gasteiger partial charge in [-0.1, -0.05) is 16.9 Å². The van der Waals surface area contributed by atoms with E-state index in [4.69, 9.17) is 11.5 Å². The van der Waals surface area contributed by atoms with Gasteiger partial charge in [0.25, 0.3) is 11.8 Å². The Morgan fingerprint density at radius 1 is 1.39 bits per heavy atom. The van der Waals surface area contributed by atoms with Crippen LogP contribution in [0.3, 0.4) is 0 Å². The third-order valence-corrected chi connectivity index (χ3v) is 8.31. The van der Waals surface area contributed by atoms with Crippen molar-refractivity contribution in [2.24, 2.45) is 10.9 Å². The lowest BCUT2D eigenvalue weighted by atomic mass is 9.86. The summed E-state index contributed by atoms with van der Waals surface area (Å²) >= 11 is 3.78. The van der Waals surface area contributed by atoms with Gasteiger partial charge in [0.15, 0.2) is 5.13 Å². The summed E-state index contributed by atoms with van der Waals surface area (Å²) in [4.78, 5) is 48.4. The SMILES string of the molecule is NCCSCc1cnccc1SC1=C(C(=O)O)N2C(=O)[C@@H](NC(=O)C(=NO)c3nsc(N)n3)[C@H]2CC1. The second-order valence-electron chi connectivity index (χ2n) is 7.67. The number of nitrogen functional groups attached to an aromatic ring is 1. The molecule has 2 aliphatic heterocycles. The van der Waals surface area contributed by atoms with Crippen LogP contribution >= 0.6 is 35.1 Å². The van der Waals surface area contributed by atoms with Gasteiger partial charge in [-0.2, -0.15) is 21.1 Å². The van der Waals surface area contributed by atoms with Gasteiger partial charge in [0, 0.05) is 51.8 Å². The maximum Gasteiger partial charge on any atom is 0.353 e. The molecule has 2 aliphatic rings. The number of allylic oxidation sites excluding steroid dienone is 1. The molecule has 36 heavy (non-hydrogen) atoms. The lowest BCUT2D eigenvalue weighted by Gasteiger charge is -2.50. The first kappa shape index (κ1) is 25.9. The van der Waals surface area contributed by atoms with Crippen LogP contribution in [0.25, 0.3) is 0 Å². The Hall–Kier alpha value is -3.21. The minimum Gasteiger partial charge on any atom is -0.477 e. The van der Waals surface area contributed by atoms with E-state index >= 15 is 0 Å². The molecular weight excluding hydrogens is 528 g/mol. The van der Waals surface area contributed by atoms with Crippen LogP contribution in [0.4, 0.5) is 5.13 Å². The number of thioether (sulfide) groups is 2. The Kier molecular flexibility index (Phi) is 8.07. The average molecular weight is 551 g/mol. The molecule has 16 heteroatoms. The lowest BCUT2D eigenvalue weighted by Crippen LogP contribution is -2.72. The molecule has 4 heterocycles. The number of amides is 2. The van der Waals surface area contributed by atoms with Crippen LogP contribution in [-0.2, 0) is 20.1 Å². The lowest BCUT2D eigenvalue weighted by molar-refractivity contribution is -0.155. The van der Waals surface area contributed by atoms with Crippen molar-refractivity contribution >= 4 is 63.7 Å². The number of carbonyl (C=O) groups is 3. The molecule has 0 aromatic carbocycles. The van der Waals surface area contributed by atoms with Crippen LogP contribution in [0.1, 0.15) is 24.2 Å². The number of fused-ring (bicyclic) bond motifs is 1. The van der Waals surface area contributed by atoms with Crippen LogP contribution in [0.5, 0.6) is 0 Å². The Morgan fingerprint density at radius 2 is 2.19 bits per heavy atom. The third kappa shape index (κ3) is 5.16. The van der Waals surface area contributed by atoms with Crippen molar-refractivity contribution in [3.63, 3.8) is 0 Å². The fourth-order valence-corrected chi connectivity index (χ4v) is 6.32. The van der Waals surface area contributed by atoms with Gasteiger partial charge in [-0.05, 0) is 24.5 Å². The number of hydrogen-bond acceptors (Lipinski definition) is 13. The van der Waals surface area contributed by atoms with Crippen molar-refractivity contribution in [2.45, 2.75) is 35.6 Å². The molecule has 190 valence electrons. The number of pyridine rings is 1. The summed E-state index contributed by atoms with van der Waals surface area (Å²) in [6.07, 6.45) is 4.21. The molecule has 13 nitrogen and oxygen atoms in total. The zero-order chi connectivity index (χ0) is 25.8. The highest BCUT2D eigenvalue weighted by Crippen LogP contribution is 2.44. The number of nitrogens with two attached hydrogens (primary N) is 2. The second kappa shape index (κ2) is 11.2. The van der Waals surface area contributed by atoms with E-state index in [2.05, 4.69) is 24.8 Å². The van der Waals surface area contributed by atoms with Crippen LogP contribution in [0.15, 0.2) is 39.1 Å². The number of aromatic nitrogens is 3. The molecule has 0 radical (unpaired) electrons. The number of aliphatic carboxylic acids is 1. The van der Waals surface area contributed by atoms with Crippen LogP contribution in [0.2, 0.25) is 0 Å². The first-order valence-electron chi connectivity index (χ1n) is 10.7. The molecular formula is C20H22N8O5S3. The first-order chi connectivity index (χ1) is 17.3. The first-order valence-corrected chi connectivity index (χ1v) is 13.4. The van der Waals surface area contributed by atoms with Gasteiger partial charge in [-0.3, -0.25) is 19.5 Å². The molecule has 1 saturated heterocycles. The van der Waals surface area contributed by atoms with Gasteiger partial charge in [-0.25, -0.2) is 4.79 Å². The standard InChI is InChI=1S/C20H22N8O5S3/c21-4-6-34-8-9-7-23-5-3-11(9)35-12-2-1-10-13(18(30)28(10)15(12)19(31)32)24-17(29)14(26-33)16-25-20(22)36-27-16/h3,5,7,10,13,33H,1-2,4,6,8,21H2,(H,24,29)(H,31,32)(H2,22,25,27)/t10-,13+/m1/s1. The van der Waals surface area contributed by atoms with Crippen LogP contribution < -0.4 is 16.8 Å². The van der Waals surface area contributed by atoms with E-state index in [9.17, 15) is 24.7 Å². The number of rotatable bonds is 10. The molecule has 0 bridgehead atoms. The van der Waals surface area contributed by atoms with Crippen molar-refractivity contribution in [1.29, 1.82) is 0 Å². The van der Waals surface area contributed by atoms with Crippen LogP contribution in [0, 0.1) is 0 Å². The Bertz CT molecular complexity index is 1250. The molecule has 4 rings (SSSR count). The zero-order valence-electron chi connectivity index (χ0n) is 18.7. The summed E-state index contributed by atoms with van der Waals surface area (Å²) in [6, 6.07) is 0.287. The minimum atomic E-state index is -1.23. The number of carbonyl (C=O) groups excluding carboxylic acids is 2. The van der Waals surface area contributed by atoms with E-state index in [0.717, 1.165) is 27.7 Å². The van der Waals surface area contributed by atoms with Gasteiger partial charge in [0.05, 0.1) is 6.04 Å². The summed E-state index contributed by atoms with van der Waals surface area (Å²) < 4.78 is 3.83. The quantitative estimate of drug-likeness (QED) is 0.0898. The van der Waals surface area contributed by atoms with E-state index in [1.54, 1.807) is 24.2 Å². The number of hydrogen-bond donors (Lipinski definition) is 5. The highest BCUT2D eigenvalue weighted by molar-refractivity contribution is 8.03. The summed E-state index contributed by atoms with van der Waals surface area (Å²) in [5.41, 5.74) is 11.4. The predicted molar refractivity (Wildman–Crippen MR) is 134 cm³/mol. The molecule has 2 aromatic rings. The Labute approximate surface area is 217 Å². The molecule has 2 aromatic heterocycles. The summed E-state index contributed by atoms with van der Waals surface area (Å²) in [5, 5.41) is 24.7. The molecule has 2 amide bonds. The highest BCUT2D eigenvalue weighted by atomic mass is 32.2. The van der Waals surface area contributed by atoms with Crippen molar-refractivity contribution in [3.05, 3.63) is 40.5 Å². The average Bonchev–Trinajstić information content (AvgIpc) is 3.29. The van der Waals surface area contributed by atoms with E-state index in [1.807, 2.05) is 6.07 Å². The van der Waals surface area contributed by atoms with Gasteiger partial charge >= 0.3 is 5.97 Å². The highest BCUT2D eigenvalue weighted by Gasteiger charge is 2.54. The third-order valence-electron chi connectivity index (χ3n) is 5.46. The molecule has 0 aliphatic carbocycles. The smallest absolute Gasteiger partial charge is 0.353 e. The predicted octanol–water partition coefficient (Wildman–Crippen LogP) is 0.463. The zero-order valence-corrected chi connectivity index (χ0v) is 21.1. The van der Waals surface area contributed by atoms with E-state index in [1.165, 1.54) is 16.7 Å². The normalized spacial score (nSPS) is 19.6. The Morgan fingerprint density at radius 3 is 2.86 bits per heavy atom. The largest absolute Gasteiger partial charge is 0.477 e. The summed E-state index contributed by atoms with van der Waals surface area (Å²) in [6.45, 7) is 0.553. The molecule has 2 atom stereocenters. The number of nitrogens with one attached hydrogen (secondary N) is 1. The van der Waals surface area contributed by atoms with Crippen LogP contribution in [-0.4, -0.2) is 77.4 Å². The van der Waals surface area contributed by atoms with E-state index in [-0.39, 0.29) is 16.7 Å². The number of nitrogens with zero attached hydrogens (tertiary/aromatic N) is 5. The number of carboxylic acids is 1. The molecule has 0 spiro atoms. The molecule has 0 saturated carbocycles. The fourth-order valence-electron chi connectivity index (χ4n) is 3.88. The second-order valence-corrected chi connectivity index (χ2v) is 10.7. The minimum absolute atomic E-state index is 0.0775. The number of carboxylic acid groups (broad SMARTS) is 1. The topological polar surface area (TPSA) is 210 Å². The maximum absolute atomic E-state index is 13.0. The van der Waals surface area contributed by atoms with Crippen molar-refractivity contribution in [1.82, 2.24) is 24.6 Å². The summed E-state index contributed by atoms with van der Waals surface area (Å²) in [7, 11) is 0. The number of β-lactam (4-membered cyclic amide) rings is 1. The van der Waals surface area contributed by atoms with Crippen molar-refractivity contribution < 1.29 is 24.7 Å². The number of oxime groups is 1. The van der Waals surface area contributed by atoms with Crippen molar-refractivity contribution in [3.8, 4) is 0 Å². The van der Waals surface area contributed by atoms with E-state index < -0.39 is 35.6 Å². The monoisotopic (exact) mass is 550 g/mol. The van der Waals surface area contributed by atoms with Crippen molar-refractivity contribution in [2.75, 3.05) is 18.0 Å².